The van der Waals surface area contributed by atoms with Gasteiger partial charge in [0.05, 0.1) is 18.9 Å². The highest BCUT2D eigenvalue weighted by atomic mass is 32.2. The summed E-state index contributed by atoms with van der Waals surface area (Å²) in [4.78, 5) is 14.6. The van der Waals surface area contributed by atoms with E-state index in [1.807, 2.05) is 0 Å². The average Bonchev–Trinajstić information content (AvgIpc) is 2.71. The van der Waals surface area contributed by atoms with Gasteiger partial charge in [0.2, 0.25) is 10.0 Å². The van der Waals surface area contributed by atoms with Crippen LogP contribution in [-0.2, 0) is 16.2 Å². The highest BCUT2D eigenvalue weighted by molar-refractivity contribution is 7.92. The van der Waals surface area contributed by atoms with Crippen molar-refractivity contribution >= 4 is 27.9 Å². The van der Waals surface area contributed by atoms with Crippen LogP contribution < -0.4 is 15.0 Å². The van der Waals surface area contributed by atoms with Crippen molar-refractivity contribution in [3.05, 3.63) is 81.8 Å². The van der Waals surface area contributed by atoms with Crippen molar-refractivity contribution in [2.75, 3.05) is 18.1 Å². The number of hydrogen-bond donors (Lipinski definition) is 2. The average molecular weight is 464 g/mol. The Morgan fingerprint density at radius 3 is 2.31 bits per heavy atom. The molecule has 2 aromatic carbocycles. The molecule has 1 aromatic heterocycles. The Hall–Kier alpha value is -3.53. The Morgan fingerprint density at radius 2 is 1.75 bits per heavy atom. The number of H-pyrrole nitrogens is 1. The maximum Gasteiger partial charge on any atom is 0.420 e. The summed E-state index contributed by atoms with van der Waals surface area (Å²) in [5, 5.41) is 0. The van der Waals surface area contributed by atoms with E-state index in [4.69, 9.17) is 4.74 Å². The van der Waals surface area contributed by atoms with Crippen LogP contribution in [0.2, 0.25) is 0 Å². The Kier molecular flexibility index (Phi) is 6.45. The number of hydrogen-bond acceptors (Lipinski definition) is 4. The molecule has 0 atom stereocenters. The summed E-state index contributed by atoms with van der Waals surface area (Å²) in [6.07, 6.45) is 0.707. The standard InChI is InChI=1S/C22H19F3N2O4S/c1-31-20-15(8-5-14-6-9-17(10-7-14)27-32(2,29)30)12-16(13-19(20)22(23,24)25)18-4-3-11-26-21(18)28/h3-13,27H,1-2H3,(H,26,28). The van der Waals surface area contributed by atoms with E-state index in [0.29, 0.717) is 11.3 Å². The molecule has 3 aromatic rings. The fraction of sp³-hybridized carbons (Fsp3) is 0.136. The molecule has 0 bridgehead atoms. The van der Waals surface area contributed by atoms with E-state index < -0.39 is 27.3 Å². The molecule has 3 rings (SSSR count). The third kappa shape index (κ3) is 5.58. The van der Waals surface area contributed by atoms with Gasteiger partial charge in [-0.2, -0.15) is 13.2 Å². The van der Waals surface area contributed by atoms with E-state index in [-0.39, 0.29) is 22.4 Å². The Balaban J connectivity index is 2.07. The lowest BCUT2D eigenvalue weighted by Gasteiger charge is -2.16. The van der Waals surface area contributed by atoms with E-state index in [2.05, 4.69) is 9.71 Å². The van der Waals surface area contributed by atoms with Crippen LogP contribution >= 0.6 is 0 Å². The van der Waals surface area contributed by atoms with E-state index in [9.17, 15) is 26.4 Å². The number of benzene rings is 2. The summed E-state index contributed by atoms with van der Waals surface area (Å²) in [7, 11) is -2.29. The predicted octanol–water partition coefficient (Wildman–Crippen LogP) is 4.61. The van der Waals surface area contributed by atoms with Crippen LogP contribution in [0.5, 0.6) is 5.75 Å². The molecule has 0 spiro atoms. The fourth-order valence-electron chi connectivity index (χ4n) is 3.08. The smallest absolute Gasteiger partial charge is 0.420 e. The second kappa shape index (κ2) is 8.91. The van der Waals surface area contributed by atoms with Crippen molar-refractivity contribution in [1.82, 2.24) is 4.98 Å². The molecule has 0 fully saturated rings. The molecule has 0 amide bonds. The second-order valence-corrected chi connectivity index (χ2v) is 8.63. The first-order chi connectivity index (χ1) is 15.0. The quantitative estimate of drug-likeness (QED) is 0.522. The zero-order valence-corrected chi connectivity index (χ0v) is 17.8. The van der Waals surface area contributed by atoms with Gasteiger partial charge in [0.15, 0.2) is 0 Å². The lowest BCUT2D eigenvalue weighted by molar-refractivity contribution is -0.138. The number of nitrogens with one attached hydrogen (secondary N) is 2. The number of halogens is 3. The summed E-state index contributed by atoms with van der Waals surface area (Å²) < 4.78 is 71.1. The minimum absolute atomic E-state index is 0.0894. The van der Waals surface area contributed by atoms with Gasteiger partial charge in [-0.05, 0) is 47.5 Å². The van der Waals surface area contributed by atoms with Crippen molar-refractivity contribution in [3.63, 3.8) is 0 Å². The van der Waals surface area contributed by atoms with Crippen molar-refractivity contribution in [1.29, 1.82) is 0 Å². The van der Waals surface area contributed by atoms with Crippen molar-refractivity contribution < 1.29 is 26.3 Å². The fourth-order valence-corrected chi connectivity index (χ4v) is 3.64. The van der Waals surface area contributed by atoms with Crippen molar-refractivity contribution in [2.45, 2.75) is 6.18 Å². The number of methoxy groups -OCH3 is 1. The molecule has 168 valence electrons. The van der Waals surface area contributed by atoms with Crippen LogP contribution in [0.25, 0.3) is 23.3 Å². The molecular formula is C22H19F3N2O4S. The van der Waals surface area contributed by atoms with Crippen LogP contribution in [0.4, 0.5) is 18.9 Å². The molecule has 2 N–H and O–H groups in total. The molecule has 0 unspecified atom stereocenters. The predicted molar refractivity (Wildman–Crippen MR) is 118 cm³/mol. The van der Waals surface area contributed by atoms with Gasteiger partial charge in [-0.25, -0.2) is 8.42 Å². The van der Waals surface area contributed by atoms with E-state index in [0.717, 1.165) is 19.4 Å². The van der Waals surface area contributed by atoms with Crippen molar-refractivity contribution in [3.8, 4) is 16.9 Å². The first kappa shape index (κ1) is 23.1. The number of anilines is 1. The molecule has 32 heavy (non-hydrogen) atoms. The lowest BCUT2D eigenvalue weighted by atomic mass is 9.98. The number of aromatic nitrogens is 1. The lowest BCUT2D eigenvalue weighted by Crippen LogP contribution is -2.11. The Morgan fingerprint density at radius 1 is 1.06 bits per heavy atom. The van der Waals surface area contributed by atoms with Gasteiger partial charge in [0, 0.05) is 23.0 Å². The zero-order valence-electron chi connectivity index (χ0n) is 17.0. The first-order valence-electron chi connectivity index (χ1n) is 9.21. The van der Waals surface area contributed by atoms with E-state index in [1.165, 1.54) is 42.6 Å². The number of pyridine rings is 1. The number of alkyl halides is 3. The van der Waals surface area contributed by atoms with Crippen LogP contribution in [0.1, 0.15) is 16.7 Å². The number of aromatic amines is 1. The minimum atomic E-state index is -4.70. The molecular weight excluding hydrogens is 445 g/mol. The van der Waals surface area contributed by atoms with Gasteiger partial charge < -0.3 is 9.72 Å². The number of ether oxygens (including phenoxy) is 1. The van der Waals surface area contributed by atoms with Crippen LogP contribution in [-0.4, -0.2) is 26.8 Å². The normalized spacial score (nSPS) is 12.2. The molecule has 0 radical (unpaired) electrons. The highest BCUT2D eigenvalue weighted by Gasteiger charge is 2.36. The summed E-state index contributed by atoms with van der Waals surface area (Å²) in [5.41, 5.74) is -0.255. The van der Waals surface area contributed by atoms with Gasteiger partial charge in [-0.15, -0.1) is 0 Å². The topological polar surface area (TPSA) is 88.3 Å². The minimum Gasteiger partial charge on any atom is -0.495 e. The molecule has 0 aliphatic rings. The van der Waals surface area contributed by atoms with Gasteiger partial charge >= 0.3 is 6.18 Å². The van der Waals surface area contributed by atoms with Gasteiger partial charge in [0.1, 0.15) is 5.75 Å². The zero-order chi connectivity index (χ0) is 23.5. The Labute approximate surface area is 182 Å². The van der Waals surface area contributed by atoms with Crippen LogP contribution in [0, 0.1) is 0 Å². The highest BCUT2D eigenvalue weighted by Crippen LogP contribution is 2.41. The van der Waals surface area contributed by atoms with E-state index >= 15 is 0 Å². The molecule has 0 saturated heterocycles. The first-order valence-corrected chi connectivity index (χ1v) is 11.1. The maximum atomic E-state index is 13.7. The second-order valence-electron chi connectivity index (χ2n) is 6.89. The van der Waals surface area contributed by atoms with Crippen LogP contribution in [0.3, 0.4) is 0 Å². The third-order valence-electron chi connectivity index (χ3n) is 4.43. The molecule has 0 aliphatic carbocycles. The molecule has 0 aliphatic heterocycles. The summed E-state index contributed by atoms with van der Waals surface area (Å²) in [6.45, 7) is 0. The molecule has 0 saturated carbocycles. The number of rotatable bonds is 6. The monoisotopic (exact) mass is 464 g/mol. The summed E-state index contributed by atoms with van der Waals surface area (Å²) in [5.74, 6) is -0.375. The molecule has 10 heteroatoms. The summed E-state index contributed by atoms with van der Waals surface area (Å²) in [6, 6.07) is 11.5. The van der Waals surface area contributed by atoms with Crippen LogP contribution in [0.15, 0.2) is 59.5 Å². The van der Waals surface area contributed by atoms with Gasteiger partial charge in [0.25, 0.3) is 5.56 Å². The van der Waals surface area contributed by atoms with Gasteiger partial charge in [-0.1, -0.05) is 24.3 Å². The van der Waals surface area contributed by atoms with E-state index in [1.54, 1.807) is 18.2 Å². The SMILES string of the molecule is COc1c(C=Cc2ccc(NS(C)(=O)=O)cc2)cc(-c2ccc[nH]c2=O)cc1C(F)(F)F. The third-order valence-corrected chi connectivity index (χ3v) is 5.03. The largest absolute Gasteiger partial charge is 0.495 e. The number of sulfonamides is 1. The maximum absolute atomic E-state index is 13.7. The van der Waals surface area contributed by atoms with Crippen molar-refractivity contribution in [2.24, 2.45) is 0 Å². The van der Waals surface area contributed by atoms with Gasteiger partial charge in [-0.3, -0.25) is 9.52 Å². The summed E-state index contributed by atoms with van der Waals surface area (Å²) >= 11 is 0. The Bertz CT molecular complexity index is 1310. The molecule has 6 nitrogen and oxygen atoms in total. The molecule has 1 heterocycles.